The maximum atomic E-state index is 5.94. The summed E-state index contributed by atoms with van der Waals surface area (Å²) in [5, 5.41) is 3.82. The molecule has 3 N–H and O–H groups in total. The Morgan fingerprint density at radius 3 is 2.73 bits per heavy atom. The highest BCUT2D eigenvalue weighted by Gasteiger charge is 2.03. The third-order valence-corrected chi connectivity index (χ3v) is 3.50. The van der Waals surface area contributed by atoms with Crippen molar-refractivity contribution in [2.45, 2.75) is 6.54 Å². The molecular formula is C17H15ClN4. The summed E-state index contributed by atoms with van der Waals surface area (Å²) < 4.78 is 0. The second-order valence-corrected chi connectivity index (χ2v) is 5.32. The smallest absolute Gasteiger partial charge is 0.146 e. The summed E-state index contributed by atoms with van der Waals surface area (Å²) in [5.41, 5.74) is 9.93. The lowest BCUT2D eigenvalue weighted by atomic mass is 10.0. The second kappa shape index (κ2) is 6.45. The first kappa shape index (κ1) is 14.4. The molecule has 2 heterocycles. The standard InChI is InChI=1S/C17H15ClN4/c18-15-8-16(17(19)22-11-15)21-9-12-3-1-4-13(7-12)14-5-2-6-20-10-14/h1-8,10-11,21H,9H2,(H2,19,22). The molecule has 0 bridgehead atoms. The van der Waals surface area contributed by atoms with Gasteiger partial charge in [-0.1, -0.05) is 35.9 Å². The van der Waals surface area contributed by atoms with E-state index in [1.54, 1.807) is 12.3 Å². The number of benzene rings is 1. The monoisotopic (exact) mass is 310 g/mol. The minimum Gasteiger partial charge on any atom is -0.382 e. The van der Waals surface area contributed by atoms with Gasteiger partial charge in [0.25, 0.3) is 0 Å². The Bertz CT molecular complexity index is 775. The number of rotatable bonds is 4. The summed E-state index contributed by atoms with van der Waals surface area (Å²) in [6.45, 7) is 0.639. The van der Waals surface area contributed by atoms with E-state index in [2.05, 4.69) is 33.5 Å². The van der Waals surface area contributed by atoms with Crippen LogP contribution in [0.2, 0.25) is 5.02 Å². The lowest BCUT2D eigenvalue weighted by Gasteiger charge is -2.10. The summed E-state index contributed by atoms with van der Waals surface area (Å²) in [5.74, 6) is 0.438. The van der Waals surface area contributed by atoms with E-state index < -0.39 is 0 Å². The maximum absolute atomic E-state index is 5.94. The molecule has 22 heavy (non-hydrogen) atoms. The van der Waals surface area contributed by atoms with Crippen LogP contribution in [-0.4, -0.2) is 9.97 Å². The lowest BCUT2D eigenvalue weighted by Crippen LogP contribution is -2.03. The SMILES string of the molecule is Nc1ncc(Cl)cc1NCc1cccc(-c2cccnc2)c1. The molecule has 1 aromatic carbocycles. The van der Waals surface area contributed by atoms with Crippen LogP contribution in [0.15, 0.2) is 61.1 Å². The predicted octanol–water partition coefficient (Wildman–Crippen LogP) is 3.99. The first-order valence-electron chi connectivity index (χ1n) is 6.86. The van der Waals surface area contributed by atoms with E-state index in [4.69, 9.17) is 17.3 Å². The summed E-state index contributed by atoms with van der Waals surface area (Å²) in [6.07, 6.45) is 5.15. The molecule has 0 saturated heterocycles. The van der Waals surface area contributed by atoms with E-state index in [0.717, 1.165) is 22.4 Å². The number of anilines is 2. The van der Waals surface area contributed by atoms with Gasteiger partial charge in [0.2, 0.25) is 0 Å². The molecule has 3 aromatic rings. The number of nitrogens with two attached hydrogens (primary N) is 1. The molecule has 2 aromatic heterocycles. The first-order chi connectivity index (χ1) is 10.7. The molecule has 0 atom stereocenters. The van der Waals surface area contributed by atoms with Gasteiger partial charge in [0, 0.05) is 25.1 Å². The molecule has 3 rings (SSSR count). The number of aromatic nitrogens is 2. The quantitative estimate of drug-likeness (QED) is 0.764. The minimum absolute atomic E-state index is 0.438. The third kappa shape index (κ3) is 3.35. The molecule has 0 spiro atoms. The average molecular weight is 311 g/mol. The Morgan fingerprint density at radius 2 is 1.91 bits per heavy atom. The maximum Gasteiger partial charge on any atom is 0.146 e. The van der Waals surface area contributed by atoms with Crippen LogP contribution in [0, 0.1) is 0 Å². The number of pyridine rings is 2. The normalized spacial score (nSPS) is 10.4. The fourth-order valence-corrected chi connectivity index (χ4v) is 2.34. The average Bonchev–Trinajstić information content (AvgIpc) is 2.57. The molecule has 0 aliphatic carbocycles. The lowest BCUT2D eigenvalue weighted by molar-refractivity contribution is 1.14. The highest BCUT2D eigenvalue weighted by Crippen LogP contribution is 2.22. The molecule has 110 valence electrons. The van der Waals surface area contributed by atoms with Gasteiger partial charge in [0.15, 0.2) is 0 Å². The zero-order chi connectivity index (χ0) is 15.4. The number of hydrogen-bond acceptors (Lipinski definition) is 4. The third-order valence-electron chi connectivity index (χ3n) is 3.29. The molecule has 0 saturated carbocycles. The van der Waals surface area contributed by atoms with Crippen molar-refractivity contribution in [1.29, 1.82) is 0 Å². The predicted molar refractivity (Wildman–Crippen MR) is 90.7 cm³/mol. The number of nitrogen functional groups attached to an aromatic ring is 1. The topological polar surface area (TPSA) is 63.8 Å². The van der Waals surface area contributed by atoms with Crippen molar-refractivity contribution in [1.82, 2.24) is 9.97 Å². The van der Waals surface area contributed by atoms with Crippen molar-refractivity contribution in [3.63, 3.8) is 0 Å². The molecular weight excluding hydrogens is 296 g/mol. The van der Waals surface area contributed by atoms with Gasteiger partial charge < -0.3 is 11.1 Å². The van der Waals surface area contributed by atoms with Crippen molar-refractivity contribution < 1.29 is 0 Å². The van der Waals surface area contributed by atoms with Crippen LogP contribution in [0.1, 0.15) is 5.56 Å². The van der Waals surface area contributed by atoms with Crippen LogP contribution in [0.4, 0.5) is 11.5 Å². The van der Waals surface area contributed by atoms with Gasteiger partial charge in [-0.25, -0.2) is 4.98 Å². The molecule has 0 aliphatic rings. The number of nitrogens with zero attached hydrogens (tertiary/aromatic N) is 2. The highest BCUT2D eigenvalue weighted by molar-refractivity contribution is 6.30. The van der Waals surface area contributed by atoms with Gasteiger partial charge in [-0.3, -0.25) is 4.98 Å². The Hall–Kier alpha value is -2.59. The van der Waals surface area contributed by atoms with E-state index in [0.29, 0.717) is 17.4 Å². The van der Waals surface area contributed by atoms with E-state index >= 15 is 0 Å². The molecule has 0 radical (unpaired) electrons. The summed E-state index contributed by atoms with van der Waals surface area (Å²) in [4.78, 5) is 8.18. The van der Waals surface area contributed by atoms with Crippen LogP contribution >= 0.6 is 11.6 Å². The van der Waals surface area contributed by atoms with E-state index in [-0.39, 0.29) is 0 Å². The second-order valence-electron chi connectivity index (χ2n) is 4.88. The number of hydrogen-bond donors (Lipinski definition) is 2. The van der Waals surface area contributed by atoms with Crippen molar-refractivity contribution in [3.8, 4) is 11.1 Å². The summed E-state index contributed by atoms with van der Waals surface area (Å²) in [6, 6.07) is 14.0. The van der Waals surface area contributed by atoms with Crippen molar-refractivity contribution in [2.75, 3.05) is 11.1 Å². The zero-order valence-electron chi connectivity index (χ0n) is 11.8. The summed E-state index contributed by atoms with van der Waals surface area (Å²) in [7, 11) is 0. The van der Waals surface area contributed by atoms with E-state index in [9.17, 15) is 0 Å². The van der Waals surface area contributed by atoms with Gasteiger partial charge in [-0.15, -0.1) is 0 Å². The molecule has 5 heteroatoms. The molecule has 0 amide bonds. The molecule has 4 nitrogen and oxygen atoms in total. The van der Waals surface area contributed by atoms with Gasteiger partial charge in [0.1, 0.15) is 5.82 Å². The van der Waals surface area contributed by atoms with Crippen LogP contribution in [0.3, 0.4) is 0 Å². The zero-order valence-corrected chi connectivity index (χ0v) is 12.6. The number of halogens is 1. The Kier molecular flexibility index (Phi) is 4.21. The fraction of sp³-hybridized carbons (Fsp3) is 0.0588. The van der Waals surface area contributed by atoms with Gasteiger partial charge in [-0.05, 0) is 34.9 Å². The molecule has 0 fully saturated rings. The summed E-state index contributed by atoms with van der Waals surface area (Å²) >= 11 is 5.94. The largest absolute Gasteiger partial charge is 0.382 e. The Balaban J connectivity index is 1.77. The Labute approximate surface area is 134 Å². The van der Waals surface area contributed by atoms with Gasteiger partial charge >= 0.3 is 0 Å². The van der Waals surface area contributed by atoms with Crippen molar-refractivity contribution in [3.05, 3.63) is 71.6 Å². The highest BCUT2D eigenvalue weighted by atomic mass is 35.5. The first-order valence-corrected chi connectivity index (χ1v) is 7.24. The van der Waals surface area contributed by atoms with Gasteiger partial charge in [0.05, 0.1) is 10.7 Å². The minimum atomic E-state index is 0.438. The van der Waals surface area contributed by atoms with Crippen LogP contribution in [0.5, 0.6) is 0 Å². The van der Waals surface area contributed by atoms with Crippen LogP contribution in [0.25, 0.3) is 11.1 Å². The van der Waals surface area contributed by atoms with Gasteiger partial charge in [-0.2, -0.15) is 0 Å². The van der Waals surface area contributed by atoms with Crippen LogP contribution in [-0.2, 0) is 6.54 Å². The van der Waals surface area contributed by atoms with Crippen molar-refractivity contribution in [2.24, 2.45) is 0 Å². The van der Waals surface area contributed by atoms with E-state index in [1.807, 2.05) is 24.4 Å². The molecule has 0 aliphatic heterocycles. The molecule has 0 unspecified atom stereocenters. The fourth-order valence-electron chi connectivity index (χ4n) is 2.18. The number of nitrogens with one attached hydrogen (secondary N) is 1. The van der Waals surface area contributed by atoms with E-state index in [1.165, 1.54) is 6.20 Å². The van der Waals surface area contributed by atoms with Crippen molar-refractivity contribution >= 4 is 23.1 Å². The Morgan fingerprint density at radius 1 is 1.05 bits per heavy atom. The van der Waals surface area contributed by atoms with Crippen LogP contribution < -0.4 is 11.1 Å².